The lowest BCUT2D eigenvalue weighted by Gasteiger charge is -2.19. The third kappa shape index (κ3) is 2.15. The minimum atomic E-state index is -1.27. The molecule has 0 aliphatic carbocycles. The van der Waals surface area contributed by atoms with E-state index >= 15 is 0 Å². The first-order chi connectivity index (χ1) is 6.97. The Morgan fingerprint density at radius 2 is 2.13 bits per heavy atom. The van der Waals surface area contributed by atoms with Crippen LogP contribution in [-0.2, 0) is 14.3 Å². The molecular weight excluding hydrogens is 202 g/mol. The van der Waals surface area contributed by atoms with Gasteiger partial charge in [-0.2, -0.15) is 0 Å². The highest BCUT2D eigenvalue weighted by atomic mass is 16.5. The van der Waals surface area contributed by atoms with Crippen molar-refractivity contribution in [2.75, 3.05) is 0 Å². The molecule has 0 bridgehead atoms. The van der Waals surface area contributed by atoms with Gasteiger partial charge in [0.05, 0.1) is 0 Å². The third-order valence-electron chi connectivity index (χ3n) is 1.92. The van der Waals surface area contributed by atoms with Crippen LogP contribution in [0.4, 0.5) is 0 Å². The van der Waals surface area contributed by atoms with E-state index in [-0.39, 0.29) is 23.6 Å². The molecule has 0 aromatic rings. The van der Waals surface area contributed by atoms with Gasteiger partial charge < -0.3 is 14.9 Å². The molecule has 0 amide bonds. The van der Waals surface area contributed by atoms with Gasteiger partial charge in [-0.25, -0.2) is 14.6 Å². The summed E-state index contributed by atoms with van der Waals surface area (Å²) in [6.07, 6.45) is -0.710. The van der Waals surface area contributed by atoms with Gasteiger partial charge >= 0.3 is 11.9 Å². The summed E-state index contributed by atoms with van der Waals surface area (Å²) in [6.45, 7) is 3.02. The van der Waals surface area contributed by atoms with Crippen LogP contribution in [-0.4, -0.2) is 34.0 Å². The Hall–Kier alpha value is -1.85. The fourth-order valence-corrected chi connectivity index (χ4v) is 1.10. The number of carboxylic acids is 1. The molecule has 6 nitrogen and oxygen atoms in total. The second kappa shape index (κ2) is 4.12. The maximum Gasteiger partial charge on any atom is 0.361 e. The Kier molecular flexibility index (Phi) is 3.08. The molecule has 1 unspecified atom stereocenters. The Bertz CT molecular complexity index is 369. The van der Waals surface area contributed by atoms with Crippen LogP contribution in [0.3, 0.4) is 0 Å². The van der Waals surface area contributed by atoms with Gasteiger partial charge in [-0.15, -0.1) is 0 Å². The number of aliphatic hydroxyl groups is 1. The molecule has 82 valence electrons. The largest absolute Gasteiger partial charge is 0.510 e. The van der Waals surface area contributed by atoms with Crippen LogP contribution in [0.2, 0.25) is 0 Å². The van der Waals surface area contributed by atoms with Crippen LogP contribution in [0.1, 0.15) is 20.3 Å². The fourth-order valence-electron chi connectivity index (χ4n) is 1.10. The number of aliphatic imine (C=N–C) groups is 1. The summed E-state index contributed by atoms with van der Waals surface area (Å²) in [5.41, 5.74) is -0.613. The van der Waals surface area contributed by atoms with E-state index in [0.717, 1.165) is 0 Å². The highest BCUT2D eigenvalue weighted by Crippen LogP contribution is 2.17. The monoisotopic (exact) mass is 213 g/mol. The average molecular weight is 213 g/mol. The minimum Gasteiger partial charge on any atom is -0.510 e. The topological polar surface area (TPSA) is 96.2 Å². The zero-order valence-electron chi connectivity index (χ0n) is 8.35. The molecule has 1 rings (SSSR count). The molecule has 1 atom stereocenters. The average Bonchev–Trinajstić information content (AvgIpc) is 2.16. The summed E-state index contributed by atoms with van der Waals surface area (Å²) in [6, 6.07) is 0. The second-order valence-corrected chi connectivity index (χ2v) is 3.00. The van der Waals surface area contributed by atoms with Crippen molar-refractivity contribution in [1.82, 2.24) is 0 Å². The van der Waals surface area contributed by atoms with Crippen molar-refractivity contribution >= 4 is 17.7 Å². The number of carbonyl (C=O) groups excluding carboxylic acids is 1. The van der Waals surface area contributed by atoms with Gasteiger partial charge in [0.25, 0.3) is 0 Å². The van der Waals surface area contributed by atoms with E-state index in [2.05, 4.69) is 4.99 Å². The number of nitrogens with zero attached hydrogens (tertiary/aromatic N) is 1. The molecule has 0 saturated heterocycles. The van der Waals surface area contributed by atoms with E-state index < -0.39 is 18.0 Å². The van der Waals surface area contributed by atoms with Crippen molar-refractivity contribution in [3.63, 3.8) is 0 Å². The number of carboxylic acid groups (broad SMARTS) is 1. The predicted molar refractivity (Wildman–Crippen MR) is 50.6 cm³/mol. The zero-order valence-corrected chi connectivity index (χ0v) is 8.35. The van der Waals surface area contributed by atoms with Gasteiger partial charge in [0.2, 0.25) is 0 Å². The summed E-state index contributed by atoms with van der Waals surface area (Å²) < 4.78 is 4.73. The smallest absolute Gasteiger partial charge is 0.361 e. The van der Waals surface area contributed by atoms with E-state index in [1.54, 1.807) is 6.92 Å². The quantitative estimate of drug-likeness (QED) is 0.398. The first-order valence-electron chi connectivity index (χ1n) is 4.42. The number of hydrogen-bond donors (Lipinski definition) is 2. The van der Waals surface area contributed by atoms with E-state index in [0.29, 0.717) is 0 Å². The van der Waals surface area contributed by atoms with Crippen LogP contribution >= 0.6 is 0 Å². The molecule has 0 radical (unpaired) electrons. The van der Waals surface area contributed by atoms with E-state index in [1.807, 2.05) is 0 Å². The minimum absolute atomic E-state index is 0.190. The van der Waals surface area contributed by atoms with Crippen molar-refractivity contribution in [3.8, 4) is 0 Å². The summed E-state index contributed by atoms with van der Waals surface area (Å²) >= 11 is 0. The van der Waals surface area contributed by atoms with E-state index in [9.17, 15) is 14.7 Å². The molecule has 6 heteroatoms. The molecule has 1 aliphatic heterocycles. The van der Waals surface area contributed by atoms with Crippen molar-refractivity contribution in [1.29, 1.82) is 0 Å². The molecule has 0 fully saturated rings. The van der Waals surface area contributed by atoms with Crippen molar-refractivity contribution in [2.24, 2.45) is 4.99 Å². The summed E-state index contributed by atoms with van der Waals surface area (Å²) in [5.74, 6) is -2.34. The van der Waals surface area contributed by atoms with Gasteiger partial charge in [-0.1, -0.05) is 6.92 Å². The number of hydrogen-bond acceptors (Lipinski definition) is 5. The SMILES string of the molecule is CCC(O)=C1N=C(C(=O)O)C(C)OC1=O. The normalized spacial score (nSPS) is 24.3. The number of esters is 1. The number of aliphatic carboxylic acids is 1. The van der Waals surface area contributed by atoms with E-state index in [1.165, 1.54) is 6.92 Å². The molecule has 0 spiro atoms. The number of cyclic esters (lactones) is 1. The summed E-state index contributed by atoms with van der Waals surface area (Å²) in [7, 11) is 0. The summed E-state index contributed by atoms with van der Waals surface area (Å²) in [4.78, 5) is 25.5. The Morgan fingerprint density at radius 1 is 1.53 bits per heavy atom. The third-order valence-corrected chi connectivity index (χ3v) is 1.92. The molecular formula is C9H11NO5. The molecule has 0 saturated carbocycles. The molecule has 1 heterocycles. The molecule has 2 N–H and O–H groups in total. The predicted octanol–water partition coefficient (Wildman–Crippen LogP) is 0.637. The standard InChI is InChI=1S/C9H11NO5/c1-3-5(11)7-9(14)15-4(2)6(10-7)8(12)13/h4,11H,3H2,1-2H3,(H,12,13). The van der Waals surface area contributed by atoms with Crippen LogP contribution in [0.25, 0.3) is 0 Å². The van der Waals surface area contributed by atoms with E-state index in [4.69, 9.17) is 9.84 Å². The van der Waals surface area contributed by atoms with Gasteiger partial charge in [0, 0.05) is 6.42 Å². The van der Waals surface area contributed by atoms with Crippen LogP contribution in [0, 0.1) is 0 Å². The van der Waals surface area contributed by atoms with Crippen molar-refractivity contribution < 1.29 is 24.5 Å². The Balaban J connectivity index is 3.20. The first-order valence-corrected chi connectivity index (χ1v) is 4.42. The maximum absolute atomic E-state index is 11.2. The highest BCUT2D eigenvalue weighted by Gasteiger charge is 2.31. The number of allylic oxidation sites excluding steroid dienone is 1. The van der Waals surface area contributed by atoms with Gasteiger partial charge in [0.15, 0.2) is 11.4 Å². The number of carbonyl (C=O) groups is 2. The van der Waals surface area contributed by atoms with Crippen LogP contribution in [0.5, 0.6) is 0 Å². The highest BCUT2D eigenvalue weighted by molar-refractivity contribution is 6.38. The van der Waals surface area contributed by atoms with Gasteiger partial charge in [-0.3, -0.25) is 0 Å². The van der Waals surface area contributed by atoms with Gasteiger partial charge in [0.1, 0.15) is 11.9 Å². The lowest BCUT2D eigenvalue weighted by molar-refractivity contribution is -0.142. The second-order valence-electron chi connectivity index (χ2n) is 3.00. The number of aliphatic hydroxyl groups excluding tert-OH is 1. The molecule has 0 aromatic heterocycles. The van der Waals surface area contributed by atoms with Crippen LogP contribution in [0.15, 0.2) is 16.4 Å². The van der Waals surface area contributed by atoms with Crippen molar-refractivity contribution in [2.45, 2.75) is 26.4 Å². The first kappa shape index (κ1) is 11.2. The molecule has 0 aromatic carbocycles. The van der Waals surface area contributed by atoms with Crippen molar-refractivity contribution in [3.05, 3.63) is 11.5 Å². The van der Waals surface area contributed by atoms with Crippen LogP contribution < -0.4 is 0 Å². The number of rotatable bonds is 2. The Labute approximate surface area is 85.9 Å². The Morgan fingerprint density at radius 3 is 2.60 bits per heavy atom. The maximum atomic E-state index is 11.2. The number of ether oxygens (including phenoxy) is 1. The molecule has 1 aliphatic rings. The lowest BCUT2D eigenvalue weighted by Crippen LogP contribution is -2.35. The zero-order chi connectivity index (χ0) is 11.6. The summed E-state index contributed by atoms with van der Waals surface area (Å²) in [5, 5.41) is 18.1. The fraction of sp³-hybridized carbons (Fsp3) is 0.444. The molecule has 15 heavy (non-hydrogen) atoms. The lowest BCUT2D eigenvalue weighted by atomic mass is 10.2. The van der Waals surface area contributed by atoms with Gasteiger partial charge in [-0.05, 0) is 6.92 Å².